The highest BCUT2D eigenvalue weighted by Gasteiger charge is 2.50. The Labute approximate surface area is 115 Å². The highest BCUT2D eigenvalue weighted by atomic mass is 79.9. The van der Waals surface area contributed by atoms with E-state index in [0.29, 0.717) is 9.78 Å². The van der Waals surface area contributed by atoms with Crippen molar-refractivity contribution in [1.82, 2.24) is 10.2 Å². The molecule has 0 saturated carbocycles. The van der Waals surface area contributed by atoms with E-state index < -0.39 is 30.0 Å². The summed E-state index contributed by atoms with van der Waals surface area (Å²) in [6.07, 6.45) is 0. The Kier molecular flexibility index (Phi) is 3.16. The van der Waals surface area contributed by atoms with Gasteiger partial charge in [-0.05, 0) is 35.0 Å². The molecule has 0 bridgehead atoms. The largest absolute Gasteiger partial charge is 0.480 e. The van der Waals surface area contributed by atoms with Gasteiger partial charge in [-0.15, -0.1) is 11.3 Å². The third-order valence-electron chi connectivity index (χ3n) is 2.63. The number of hydrogen-bond donors (Lipinski definition) is 2. The van der Waals surface area contributed by atoms with E-state index in [-0.39, 0.29) is 0 Å². The minimum Gasteiger partial charge on any atom is -0.480 e. The van der Waals surface area contributed by atoms with E-state index in [0.717, 1.165) is 3.79 Å². The normalized spacial score (nSPS) is 23.3. The van der Waals surface area contributed by atoms with Crippen molar-refractivity contribution in [2.75, 3.05) is 6.54 Å². The summed E-state index contributed by atoms with van der Waals surface area (Å²) in [5, 5.41) is 11.2. The van der Waals surface area contributed by atoms with Crippen LogP contribution in [-0.4, -0.2) is 34.5 Å². The number of carbonyl (C=O) groups is 3. The fraction of sp³-hybridized carbons (Fsp3) is 0.300. The van der Waals surface area contributed by atoms with E-state index in [4.69, 9.17) is 5.11 Å². The summed E-state index contributed by atoms with van der Waals surface area (Å²) in [6.45, 7) is 0.931. The highest BCUT2D eigenvalue weighted by Crippen LogP contribution is 2.35. The number of carbonyl (C=O) groups excluding carboxylic acids is 2. The average molecular weight is 333 g/mol. The lowest BCUT2D eigenvalue weighted by Crippen LogP contribution is -2.40. The smallest absolute Gasteiger partial charge is 0.325 e. The summed E-state index contributed by atoms with van der Waals surface area (Å²) in [6, 6.07) is 2.80. The molecule has 1 fully saturated rings. The molecule has 1 unspecified atom stereocenters. The van der Waals surface area contributed by atoms with E-state index in [1.807, 2.05) is 0 Å². The molecular formula is C10H9BrN2O4S. The molecule has 1 aromatic rings. The highest BCUT2D eigenvalue weighted by molar-refractivity contribution is 9.11. The van der Waals surface area contributed by atoms with Crippen LogP contribution < -0.4 is 5.32 Å². The third kappa shape index (κ3) is 2.01. The quantitative estimate of drug-likeness (QED) is 0.818. The lowest BCUT2D eigenvalue weighted by molar-refractivity contribution is -0.142. The van der Waals surface area contributed by atoms with Gasteiger partial charge in [0, 0.05) is 4.88 Å². The van der Waals surface area contributed by atoms with Crippen molar-refractivity contribution in [2.24, 2.45) is 0 Å². The Morgan fingerprint density at radius 3 is 2.72 bits per heavy atom. The molecule has 2 N–H and O–H groups in total. The SMILES string of the molecule is CC1(c2ccc(Br)s2)NC(=O)N(CC(=O)O)C1=O. The molecule has 1 aliphatic heterocycles. The molecule has 18 heavy (non-hydrogen) atoms. The fourth-order valence-corrected chi connectivity index (χ4v) is 3.21. The maximum atomic E-state index is 12.2. The number of aliphatic carboxylic acids is 1. The second-order valence-electron chi connectivity index (χ2n) is 3.94. The van der Waals surface area contributed by atoms with Gasteiger partial charge in [-0.2, -0.15) is 0 Å². The van der Waals surface area contributed by atoms with Crippen molar-refractivity contribution >= 4 is 45.2 Å². The van der Waals surface area contributed by atoms with Gasteiger partial charge in [0.15, 0.2) is 5.54 Å². The lowest BCUT2D eigenvalue weighted by Gasteiger charge is -2.19. The van der Waals surface area contributed by atoms with Crippen molar-refractivity contribution < 1.29 is 19.5 Å². The number of nitrogens with zero attached hydrogens (tertiary/aromatic N) is 1. The monoisotopic (exact) mass is 332 g/mol. The standard InChI is InChI=1S/C10H9BrN2O4S/c1-10(5-2-3-6(11)18-5)8(16)13(4-7(14)15)9(17)12-10/h2-3H,4H2,1H3,(H,12,17)(H,14,15). The minimum absolute atomic E-state index is 0.552. The summed E-state index contributed by atoms with van der Waals surface area (Å²) in [4.78, 5) is 35.8. The number of imide groups is 1. The first-order valence-electron chi connectivity index (χ1n) is 4.96. The van der Waals surface area contributed by atoms with Gasteiger partial charge in [0.25, 0.3) is 5.91 Å². The van der Waals surface area contributed by atoms with Gasteiger partial charge in [-0.3, -0.25) is 14.5 Å². The first kappa shape index (κ1) is 13.0. The van der Waals surface area contributed by atoms with Crippen LogP contribution in [0.4, 0.5) is 4.79 Å². The molecule has 0 aromatic carbocycles. The molecule has 96 valence electrons. The van der Waals surface area contributed by atoms with Crippen LogP contribution in [0.3, 0.4) is 0 Å². The molecule has 8 heteroatoms. The average Bonchev–Trinajstić information content (AvgIpc) is 2.78. The molecule has 6 nitrogen and oxygen atoms in total. The first-order chi connectivity index (χ1) is 8.34. The summed E-state index contributed by atoms with van der Waals surface area (Å²) in [5.41, 5.74) is -1.19. The van der Waals surface area contributed by atoms with E-state index in [2.05, 4.69) is 21.2 Å². The van der Waals surface area contributed by atoms with Gasteiger partial charge < -0.3 is 10.4 Å². The van der Waals surface area contributed by atoms with Crippen LogP contribution in [0.15, 0.2) is 15.9 Å². The van der Waals surface area contributed by atoms with Crippen molar-refractivity contribution in [3.8, 4) is 0 Å². The van der Waals surface area contributed by atoms with Gasteiger partial charge in [0.2, 0.25) is 0 Å². The van der Waals surface area contributed by atoms with Crippen LogP contribution in [0.5, 0.6) is 0 Å². The second kappa shape index (κ2) is 4.36. The molecule has 1 aliphatic rings. The van der Waals surface area contributed by atoms with Crippen LogP contribution in [0.25, 0.3) is 0 Å². The number of urea groups is 1. The Bertz CT molecular complexity index is 544. The Morgan fingerprint density at radius 1 is 1.56 bits per heavy atom. The van der Waals surface area contributed by atoms with Crippen LogP contribution in [-0.2, 0) is 15.1 Å². The molecule has 2 rings (SSSR count). The van der Waals surface area contributed by atoms with Gasteiger partial charge >= 0.3 is 12.0 Å². The zero-order valence-electron chi connectivity index (χ0n) is 9.27. The van der Waals surface area contributed by atoms with E-state index >= 15 is 0 Å². The zero-order chi connectivity index (χ0) is 13.5. The molecule has 1 atom stereocenters. The number of halogens is 1. The summed E-state index contributed by atoms with van der Waals surface area (Å²) >= 11 is 4.60. The molecule has 1 aromatic heterocycles. The topological polar surface area (TPSA) is 86.7 Å². The lowest BCUT2D eigenvalue weighted by atomic mass is 10.0. The number of carboxylic acid groups (broad SMARTS) is 1. The van der Waals surface area contributed by atoms with Gasteiger partial charge in [-0.1, -0.05) is 0 Å². The van der Waals surface area contributed by atoms with Gasteiger partial charge in [-0.25, -0.2) is 4.79 Å². The fourth-order valence-electron chi connectivity index (χ4n) is 1.73. The summed E-state index contributed by atoms with van der Waals surface area (Å²) < 4.78 is 0.831. The Balaban J connectivity index is 2.34. The van der Waals surface area contributed by atoms with Crippen LogP contribution in [0, 0.1) is 0 Å². The van der Waals surface area contributed by atoms with E-state index in [1.165, 1.54) is 11.3 Å². The van der Waals surface area contributed by atoms with E-state index in [9.17, 15) is 14.4 Å². The molecule has 0 radical (unpaired) electrons. The maximum Gasteiger partial charge on any atom is 0.325 e. The Morgan fingerprint density at radius 2 is 2.22 bits per heavy atom. The van der Waals surface area contributed by atoms with Crippen LogP contribution >= 0.6 is 27.3 Å². The number of hydrogen-bond acceptors (Lipinski definition) is 4. The summed E-state index contributed by atoms with van der Waals surface area (Å²) in [5.74, 6) is -1.78. The number of rotatable bonds is 3. The van der Waals surface area contributed by atoms with Crippen molar-refractivity contribution in [3.63, 3.8) is 0 Å². The van der Waals surface area contributed by atoms with Crippen LogP contribution in [0.1, 0.15) is 11.8 Å². The van der Waals surface area contributed by atoms with Crippen molar-refractivity contribution in [1.29, 1.82) is 0 Å². The number of carboxylic acids is 1. The van der Waals surface area contributed by atoms with Crippen molar-refractivity contribution in [3.05, 3.63) is 20.8 Å². The number of amides is 3. The molecule has 1 saturated heterocycles. The zero-order valence-corrected chi connectivity index (χ0v) is 11.7. The molecule has 3 amide bonds. The molecular weight excluding hydrogens is 324 g/mol. The number of nitrogens with one attached hydrogen (secondary N) is 1. The second-order valence-corrected chi connectivity index (χ2v) is 6.41. The minimum atomic E-state index is -1.23. The van der Waals surface area contributed by atoms with Gasteiger partial charge in [0.1, 0.15) is 6.54 Å². The predicted octanol–water partition coefficient (Wildman–Crippen LogP) is 1.36. The maximum absolute atomic E-state index is 12.2. The molecule has 2 heterocycles. The summed E-state index contributed by atoms with van der Waals surface area (Å²) in [7, 11) is 0. The number of thiophene rings is 1. The van der Waals surface area contributed by atoms with Crippen LogP contribution in [0.2, 0.25) is 0 Å². The van der Waals surface area contributed by atoms with E-state index in [1.54, 1.807) is 19.1 Å². The molecule has 0 aliphatic carbocycles. The van der Waals surface area contributed by atoms with Crippen molar-refractivity contribution in [2.45, 2.75) is 12.5 Å². The third-order valence-corrected chi connectivity index (χ3v) is 4.48. The first-order valence-corrected chi connectivity index (χ1v) is 6.57. The Hall–Kier alpha value is -1.41. The molecule has 0 spiro atoms. The predicted molar refractivity (Wildman–Crippen MR) is 67.3 cm³/mol. The van der Waals surface area contributed by atoms with Gasteiger partial charge in [0.05, 0.1) is 3.79 Å².